The van der Waals surface area contributed by atoms with Crippen LogP contribution < -0.4 is 9.47 Å². The van der Waals surface area contributed by atoms with E-state index in [4.69, 9.17) is 25.8 Å². The van der Waals surface area contributed by atoms with Crippen LogP contribution in [-0.4, -0.2) is 40.1 Å². The number of nitrogens with zero attached hydrogens (tertiary/aromatic N) is 3. The van der Waals surface area contributed by atoms with Gasteiger partial charge in [-0.25, -0.2) is 0 Å². The van der Waals surface area contributed by atoms with Gasteiger partial charge in [0.1, 0.15) is 23.7 Å². The maximum absolute atomic E-state index is 13.8. The Morgan fingerprint density at radius 2 is 1.94 bits per heavy atom. The number of hydrogen-bond acceptors (Lipinski definition) is 6. The topological polar surface area (TPSA) is 95.7 Å². The zero-order valence-electron chi connectivity index (χ0n) is 17.3. The van der Waals surface area contributed by atoms with E-state index >= 15 is 0 Å². The van der Waals surface area contributed by atoms with Gasteiger partial charge in [-0.15, -0.1) is 10.2 Å². The molecular weight excluding hydrogens is 467 g/mol. The van der Waals surface area contributed by atoms with Gasteiger partial charge in [0.25, 0.3) is 0 Å². The third-order valence-corrected chi connectivity index (χ3v) is 5.55. The van der Waals surface area contributed by atoms with Crippen molar-refractivity contribution >= 4 is 17.6 Å². The van der Waals surface area contributed by atoms with Crippen LogP contribution in [0.5, 0.6) is 11.5 Å². The molecular formula is C21H17ClF3N3O5. The molecule has 174 valence electrons. The first-order chi connectivity index (χ1) is 15.7. The van der Waals surface area contributed by atoms with Crippen LogP contribution in [0, 0.1) is 0 Å². The quantitative estimate of drug-likeness (QED) is 0.567. The Bertz CT molecular complexity index is 1210. The number of alkyl halides is 3. The van der Waals surface area contributed by atoms with Crippen LogP contribution in [0.15, 0.2) is 36.4 Å². The van der Waals surface area contributed by atoms with Gasteiger partial charge < -0.3 is 19.3 Å². The highest BCUT2D eigenvalue weighted by Gasteiger charge is 2.43. The van der Waals surface area contributed by atoms with Crippen molar-refractivity contribution in [2.75, 3.05) is 14.2 Å². The summed E-state index contributed by atoms with van der Waals surface area (Å²) >= 11 is 6.51. The number of ether oxygens (including phenoxy) is 3. The van der Waals surface area contributed by atoms with Crippen molar-refractivity contribution in [3.05, 3.63) is 64.2 Å². The molecule has 0 unspecified atom stereocenters. The second kappa shape index (κ2) is 8.56. The van der Waals surface area contributed by atoms with Gasteiger partial charge in [-0.3, -0.25) is 9.36 Å². The fourth-order valence-corrected chi connectivity index (χ4v) is 4.03. The third kappa shape index (κ3) is 4.09. The van der Waals surface area contributed by atoms with E-state index in [1.165, 1.54) is 32.4 Å². The molecule has 12 heteroatoms. The molecule has 0 fully saturated rings. The fraction of sp³-hybridized carbons (Fsp3) is 0.286. The minimum absolute atomic E-state index is 0.0555. The number of carbonyl (C=O) groups is 1. The van der Waals surface area contributed by atoms with Crippen molar-refractivity contribution in [2.45, 2.75) is 24.8 Å². The molecule has 2 atom stereocenters. The Morgan fingerprint density at radius 1 is 1.18 bits per heavy atom. The highest BCUT2D eigenvalue weighted by atomic mass is 35.5. The summed E-state index contributed by atoms with van der Waals surface area (Å²) in [6.07, 6.45) is -7.94. The standard InChI is InChI=1S/C21H17ClF3N3O5/c1-31-10-6-7-13-12(8-10)18(11-4-3-5-14(32-2)17(11)22)33-15(9-16(29)30)19-26-27-20(28(13)19)21(23,24)25/h3-8,15,18H,9H2,1-2H3,(H,29,30)/t15-,18-/m1/s1. The summed E-state index contributed by atoms with van der Waals surface area (Å²) < 4.78 is 58.8. The summed E-state index contributed by atoms with van der Waals surface area (Å²) in [6, 6.07) is 9.26. The largest absolute Gasteiger partial charge is 0.497 e. The summed E-state index contributed by atoms with van der Waals surface area (Å²) in [6.45, 7) is 0. The van der Waals surface area contributed by atoms with Crippen molar-refractivity contribution in [1.29, 1.82) is 0 Å². The average molecular weight is 484 g/mol. The molecule has 1 aromatic heterocycles. The normalized spacial score (nSPS) is 17.6. The van der Waals surface area contributed by atoms with E-state index in [9.17, 15) is 23.1 Å². The molecule has 33 heavy (non-hydrogen) atoms. The van der Waals surface area contributed by atoms with E-state index in [1.54, 1.807) is 18.2 Å². The molecule has 4 rings (SSSR count). The van der Waals surface area contributed by atoms with Crippen molar-refractivity contribution in [2.24, 2.45) is 0 Å². The fourth-order valence-electron chi connectivity index (χ4n) is 3.72. The van der Waals surface area contributed by atoms with Gasteiger partial charge in [0, 0.05) is 11.1 Å². The molecule has 0 spiro atoms. The van der Waals surface area contributed by atoms with Crippen molar-refractivity contribution in [1.82, 2.24) is 14.8 Å². The molecule has 2 aromatic carbocycles. The predicted molar refractivity (Wildman–Crippen MR) is 109 cm³/mol. The van der Waals surface area contributed by atoms with Crippen molar-refractivity contribution in [3.8, 4) is 17.2 Å². The number of halogens is 4. The summed E-state index contributed by atoms with van der Waals surface area (Å²) in [4.78, 5) is 11.6. The zero-order valence-corrected chi connectivity index (χ0v) is 18.0. The molecule has 0 aliphatic carbocycles. The number of fused-ring (bicyclic) bond motifs is 3. The van der Waals surface area contributed by atoms with E-state index in [-0.39, 0.29) is 22.1 Å². The number of benzene rings is 2. The molecule has 0 saturated carbocycles. The van der Waals surface area contributed by atoms with E-state index in [0.29, 0.717) is 17.1 Å². The van der Waals surface area contributed by atoms with Gasteiger partial charge in [0.2, 0.25) is 5.82 Å². The second-order valence-corrected chi connectivity index (χ2v) is 7.48. The molecule has 0 amide bonds. The van der Waals surface area contributed by atoms with Crippen LogP contribution in [-0.2, 0) is 15.7 Å². The Morgan fingerprint density at radius 3 is 2.58 bits per heavy atom. The Kier molecular flexibility index (Phi) is 5.93. The lowest BCUT2D eigenvalue weighted by atomic mass is 9.98. The van der Waals surface area contributed by atoms with E-state index in [0.717, 1.165) is 4.57 Å². The molecule has 3 aromatic rings. The number of carboxylic acid groups (broad SMARTS) is 1. The smallest absolute Gasteiger partial charge is 0.452 e. The molecule has 0 saturated heterocycles. The van der Waals surface area contributed by atoms with E-state index < -0.39 is 36.6 Å². The maximum atomic E-state index is 13.8. The average Bonchev–Trinajstić information content (AvgIpc) is 3.17. The van der Waals surface area contributed by atoms with Crippen molar-refractivity contribution < 1.29 is 37.3 Å². The molecule has 0 bridgehead atoms. The summed E-state index contributed by atoms with van der Waals surface area (Å²) in [7, 11) is 2.82. The van der Waals surface area contributed by atoms with Crippen LogP contribution in [0.1, 0.15) is 41.4 Å². The molecule has 1 N–H and O–H groups in total. The van der Waals surface area contributed by atoms with Gasteiger partial charge in [-0.2, -0.15) is 13.2 Å². The third-order valence-electron chi connectivity index (χ3n) is 5.14. The number of aromatic nitrogens is 3. The minimum Gasteiger partial charge on any atom is -0.497 e. The van der Waals surface area contributed by atoms with Crippen molar-refractivity contribution in [3.63, 3.8) is 0 Å². The van der Waals surface area contributed by atoms with Gasteiger partial charge in [0.05, 0.1) is 31.4 Å². The van der Waals surface area contributed by atoms with Gasteiger partial charge in [-0.1, -0.05) is 23.7 Å². The second-order valence-electron chi connectivity index (χ2n) is 7.11. The van der Waals surface area contributed by atoms with Crippen LogP contribution >= 0.6 is 11.6 Å². The summed E-state index contributed by atoms with van der Waals surface area (Å²) in [5, 5.41) is 16.5. The highest BCUT2D eigenvalue weighted by Crippen LogP contribution is 2.46. The lowest BCUT2D eigenvalue weighted by Gasteiger charge is -2.23. The lowest BCUT2D eigenvalue weighted by Crippen LogP contribution is -2.17. The Balaban J connectivity index is 2.04. The number of hydrogen-bond donors (Lipinski definition) is 1. The first-order valence-electron chi connectivity index (χ1n) is 9.56. The minimum atomic E-state index is -4.86. The monoisotopic (exact) mass is 483 g/mol. The Labute approximate surface area is 190 Å². The van der Waals surface area contributed by atoms with Gasteiger partial charge in [-0.05, 0) is 24.3 Å². The van der Waals surface area contributed by atoms with Crippen LogP contribution in [0.25, 0.3) is 5.69 Å². The summed E-state index contributed by atoms with van der Waals surface area (Å²) in [5.74, 6) is -2.22. The number of rotatable bonds is 5. The van der Waals surface area contributed by atoms with Crippen LogP contribution in [0.2, 0.25) is 5.02 Å². The highest BCUT2D eigenvalue weighted by molar-refractivity contribution is 6.32. The number of aliphatic carboxylic acids is 1. The molecule has 0 radical (unpaired) electrons. The predicted octanol–water partition coefficient (Wildman–Crippen LogP) is 4.59. The number of carboxylic acids is 1. The first kappa shape index (κ1) is 22.9. The SMILES string of the molecule is COc1ccc2c(c1)[C@@H](c1cccc(OC)c1Cl)O[C@H](CC(=O)O)c1nnc(C(F)(F)F)n1-2. The molecule has 1 aliphatic rings. The first-order valence-corrected chi connectivity index (χ1v) is 9.94. The Hall–Kier alpha value is -3.31. The lowest BCUT2D eigenvalue weighted by molar-refractivity contribution is -0.146. The van der Waals surface area contributed by atoms with E-state index in [1.807, 2.05) is 0 Å². The molecule has 1 aliphatic heterocycles. The summed E-state index contributed by atoms with van der Waals surface area (Å²) in [5.41, 5.74) is 0.678. The van der Waals surface area contributed by atoms with Crippen LogP contribution in [0.3, 0.4) is 0 Å². The number of methoxy groups -OCH3 is 2. The van der Waals surface area contributed by atoms with E-state index in [2.05, 4.69) is 10.2 Å². The maximum Gasteiger partial charge on any atom is 0.452 e. The van der Waals surface area contributed by atoms with Crippen LogP contribution in [0.4, 0.5) is 13.2 Å². The zero-order chi connectivity index (χ0) is 23.9. The van der Waals surface area contributed by atoms with Gasteiger partial charge >= 0.3 is 12.1 Å². The van der Waals surface area contributed by atoms with Gasteiger partial charge in [0.15, 0.2) is 5.82 Å². The molecule has 2 heterocycles. The molecule has 8 nitrogen and oxygen atoms in total.